The van der Waals surface area contributed by atoms with Crippen LogP contribution in [0.3, 0.4) is 0 Å². The van der Waals surface area contributed by atoms with Crippen molar-refractivity contribution in [3.8, 4) is 0 Å². The maximum Gasteiger partial charge on any atom is 0.0693 e. The molecule has 2 nitrogen and oxygen atoms in total. The molecule has 14 heavy (non-hydrogen) atoms. The van der Waals surface area contributed by atoms with Crippen LogP contribution in [0.1, 0.15) is 39.0 Å². The molecule has 2 fully saturated rings. The third kappa shape index (κ3) is 2.65. The average Bonchev–Trinajstić information content (AvgIpc) is 2.56. The Labute approximate surface area is 90.8 Å². The van der Waals surface area contributed by atoms with Gasteiger partial charge < -0.3 is 10.4 Å². The quantitative estimate of drug-likeness (QED) is 0.736. The van der Waals surface area contributed by atoms with Crippen molar-refractivity contribution >= 4 is 11.8 Å². The van der Waals surface area contributed by atoms with Gasteiger partial charge in [0.1, 0.15) is 0 Å². The van der Waals surface area contributed by atoms with Gasteiger partial charge in [-0.2, -0.15) is 11.8 Å². The van der Waals surface area contributed by atoms with Gasteiger partial charge >= 0.3 is 0 Å². The summed E-state index contributed by atoms with van der Waals surface area (Å²) >= 11 is 2.05. The van der Waals surface area contributed by atoms with Crippen LogP contribution >= 0.6 is 11.8 Å². The van der Waals surface area contributed by atoms with E-state index in [0.29, 0.717) is 12.1 Å². The number of aliphatic hydroxyl groups is 1. The Kier molecular flexibility index (Phi) is 3.74. The smallest absolute Gasteiger partial charge is 0.0693 e. The first-order valence-corrected chi connectivity index (χ1v) is 6.86. The minimum atomic E-state index is -0.0929. The van der Waals surface area contributed by atoms with E-state index in [0.717, 1.165) is 18.1 Å². The van der Waals surface area contributed by atoms with Gasteiger partial charge in [-0.3, -0.25) is 0 Å². The standard InChI is InChI=1S/C11H21NOS/c1-8-6-9(7-14-8)12-10-4-2-3-5-11(10)13/h8-13H,2-7H2,1H3. The van der Waals surface area contributed by atoms with Crippen LogP contribution < -0.4 is 5.32 Å². The van der Waals surface area contributed by atoms with Crippen molar-refractivity contribution in [2.45, 2.75) is 62.5 Å². The minimum Gasteiger partial charge on any atom is -0.392 e. The van der Waals surface area contributed by atoms with Gasteiger partial charge in [0.2, 0.25) is 0 Å². The number of nitrogens with one attached hydrogen (secondary N) is 1. The topological polar surface area (TPSA) is 32.3 Å². The van der Waals surface area contributed by atoms with Gasteiger partial charge in [-0.1, -0.05) is 19.8 Å². The molecule has 2 aliphatic rings. The first kappa shape index (κ1) is 10.8. The monoisotopic (exact) mass is 215 g/mol. The summed E-state index contributed by atoms with van der Waals surface area (Å²) in [4.78, 5) is 0. The third-order valence-electron chi connectivity index (χ3n) is 3.38. The highest BCUT2D eigenvalue weighted by atomic mass is 32.2. The Hall–Kier alpha value is 0.270. The van der Waals surface area contributed by atoms with Gasteiger partial charge in [-0.05, 0) is 19.3 Å². The number of rotatable bonds is 2. The molecular weight excluding hydrogens is 194 g/mol. The first-order chi connectivity index (χ1) is 6.75. The Morgan fingerprint density at radius 2 is 2.07 bits per heavy atom. The molecule has 1 aliphatic carbocycles. The molecular formula is C11H21NOS. The van der Waals surface area contributed by atoms with Gasteiger partial charge in [0.25, 0.3) is 0 Å². The lowest BCUT2D eigenvalue weighted by molar-refractivity contribution is 0.0861. The van der Waals surface area contributed by atoms with Crippen molar-refractivity contribution in [1.29, 1.82) is 0 Å². The van der Waals surface area contributed by atoms with E-state index < -0.39 is 0 Å². The highest BCUT2D eigenvalue weighted by molar-refractivity contribution is 8.00. The maximum atomic E-state index is 9.83. The molecule has 0 spiro atoms. The molecule has 0 radical (unpaired) electrons. The van der Waals surface area contributed by atoms with Crippen molar-refractivity contribution in [2.24, 2.45) is 0 Å². The van der Waals surface area contributed by atoms with Crippen LogP contribution in [0.25, 0.3) is 0 Å². The second-order valence-electron chi connectivity index (χ2n) is 4.70. The summed E-state index contributed by atoms with van der Waals surface area (Å²) in [6, 6.07) is 1.02. The van der Waals surface area contributed by atoms with Crippen LogP contribution in [0, 0.1) is 0 Å². The summed E-state index contributed by atoms with van der Waals surface area (Å²) in [5.41, 5.74) is 0. The van der Waals surface area contributed by atoms with Crippen LogP contribution in [-0.2, 0) is 0 Å². The van der Waals surface area contributed by atoms with Gasteiger partial charge in [-0.25, -0.2) is 0 Å². The van der Waals surface area contributed by atoms with Crippen LogP contribution in [0.15, 0.2) is 0 Å². The second kappa shape index (κ2) is 4.86. The summed E-state index contributed by atoms with van der Waals surface area (Å²) in [6.45, 7) is 2.30. The van der Waals surface area contributed by atoms with Crippen LogP contribution in [-0.4, -0.2) is 34.3 Å². The number of aliphatic hydroxyl groups excluding tert-OH is 1. The summed E-state index contributed by atoms with van der Waals surface area (Å²) in [5.74, 6) is 1.23. The molecule has 82 valence electrons. The van der Waals surface area contributed by atoms with Crippen molar-refractivity contribution in [1.82, 2.24) is 5.32 Å². The van der Waals surface area contributed by atoms with Crippen molar-refractivity contribution < 1.29 is 5.11 Å². The highest BCUT2D eigenvalue weighted by Crippen LogP contribution is 2.28. The molecule has 1 saturated carbocycles. The summed E-state index contributed by atoms with van der Waals surface area (Å²) in [5, 5.41) is 14.3. The lowest BCUT2D eigenvalue weighted by Crippen LogP contribution is -2.47. The predicted molar refractivity (Wildman–Crippen MR) is 61.7 cm³/mol. The third-order valence-corrected chi connectivity index (χ3v) is 4.73. The molecule has 2 N–H and O–H groups in total. The van der Waals surface area contributed by atoms with Crippen molar-refractivity contribution in [3.05, 3.63) is 0 Å². The molecule has 1 heterocycles. The fraction of sp³-hybridized carbons (Fsp3) is 1.00. The van der Waals surface area contributed by atoms with Crippen molar-refractivity contribution in [2.75, 3.05) is 5.75 Å². The number of hydrogen-bond donors (Lipinski definition) is 2. The number of thioether (sulfide) groups is 1. The van der Waals surface area contributed by atoms with Gasteiger partial charge in [0.15, 0.2) is 0 Å². The van der Waals surface area contributed by atoms with E-state index in [1.165, 1.54) is 25.0 Å². The number of hydrogen-bond acceptors (Lipinski definition) is 3. The normalized spacial score (nSPS) is 44.1. The molecule has 2 rings (SSSR count). The average molecular weight is 215 g/mol. The molecule has 1 saturated heterocycles. The first-order valence-electron chi connectivity index (χ1n) is 5.81. The van der Waals surface area contributed by atoms with E-state index in [-0.39, 0.29) is 6.10 Å². The van der Waals surface area contributed by atoms with E-state index in [1.54, 1.807) is 0 Å². The Morgan fingerprint density at radius 3 is 2.71 bits per heavy atom. The lowest BCUT2D eigenvalue weighted by Gasteiger charge is -2.30. The van der Waals surface area contributed by atoms with E-state index in [1.807, 2.05) is 0 Å². The summed E-state index contributed by atoms with van der Waals surface area (Å²) in [6.07, 6.45) is 5.82. The van der Waals surface area contributed by atoms with Crippen molar-refractivity contribution in [3.63, 3.8) is 0 Å². The largest absolute Gasteiger partial charge is 0.392 e. The van der Waals surface area contributed by atoms with E-state index in [2.05, 4.69) is 24.0 Å². The fourth-order valence-corrected chi connectivity index (χ4v) is 3.70. The minimum absolute atomic E-state index is 0.0929. The molecule has 0 aromatic rings. The van der Waals surface area contributed by atoms with E-state index in [4.69, 9.17) is 0 Å². The van der Waals surface area contributed by atoms with Crippen LogP contribution in [0.5, 0.6) is 0 Å². The van der Waals surface area contributed by atoms with E-state index in [9.17, 15) is 5.11 Å². The molecule has 0 aromatic carbocycles. The van der Waals surface area contributed by atoms with Gasteiger partial charge in [0.05, 0.1) is 6.10 Å². The Bertz CT molecular complexity index is 188. The zero-order chi connectivity index (χ0) is 9.97. The predicted octanol–water partition coefficient (Wildman–Crippen LogP) is 1.77. The van der Waals surface area contributed by atoms with E-state index >= 15 is 0 Å². The molecule has 0 amide bonds. The maximum absolute atomic E-state index is 9.83. The molecule has 3 heteroatoms. The lowest BCUT2D eigenvalue weighted by atomic mass is 9.92. The SMILES string of the molecule is CC1CC(NC2CCCCC2O)CS1. The highest BCUT2D eigenvalue weighted by Gasteiger charge is 2.28. The van der Waals surface area contributed by atoms with Gasteiger partial charge in [-0.15, -0.1) is 0 Å². The molecule has 1 aliphatic heterocycles. The Balaban J connectivity index is 1.78. The zero-order valence-corrected chi connectivity index (χ0v) is 9.72. The second-order valence-corrected chi connectivity index (χ2v) is 6.17. The molecule has 4 atom stereocenters. The summed E-state index contributed by atoms with van der Waals surface area (Å²) < 4.78 is 0. The zero-order valence-electron chi connectivity index (χ0n) is 8.91. The Morgan fingerprint density at radius 1 is 1.29 bits per heavy atom. The molecule has 0 aromatic heterocycles. The van der Waals surface area contributed by atoms with Crippen LogP contribution in [0.2, 0.25) is 0 Å². The van der Waals surface area contributed by atoms with Crippen LogP contribution in [0.4, 0.5) is 0 Å². The molecule has 4 unspecified atom stereocenters. The van der Waals surface area contributed by atoms with Gasteiger partial charge in [0, 0.05) is 23.1 Å². The fourth-order valence-electron chi connectivity index (χ4n) is 2.54. The summed E-state index contributed by atoms with van der Waals surface area (Å²) in [7, 11) is 0. The molecule has 0 bridgehead atoms.